The number of ether oxygens (including phenoxy) is 2. The molecular weight excluding hydrogens is 409 g/mol. The van der Waals surface area contributed by atoms with Gasteiger partial charge in [-0.15, -0.1) is 0 Å². The fraction of sp³-hybridized carbons (Fsp3) is 0.720. The van der Waals surface area contributed by atoms with Crippen molar-refractivity contribution in [1.82, 2.24) is 14.7 Å². The maximum absolute atomic E-state index is 14.0. The summed E-state index contributed by atoms with van der Waals surface area (Å²) in [7, 11) is 1.42. The van der Waals surface area contributed by atoms with Gasteiger partial charge in [0.05, 0.1) is 12.7 Å². The van der Waals surface area contributed by atoms with Gasteiger partial charge in [0.2, 0.25) is 0 Å². The van der Waals surface area contributed by atoms with Crippen LogP contribution in [0.15, 0.2) is 18.2 Å². The summed E-state index contributed by atoms with van der Waals surface area (Å²) < 4.78 is 25.3. The lowest BCUT2D eigenvalue weighted by Gasteiger charge is -2.49. The van der Waals surface area contributed by atoms with Crippen molar-refractivity contribution >= 4 is 5.91 Å². The summed E-state index contributed by atoms with van der Waals surface area (Å²) in [5.41, 5.74) is 0.251. The Morgan fingerprint density at radius 2 is 1.91 bits per heavy atom. The Kier molecular flexibility index (Phi) is 7.37. The molecule has 1 spiro atoms. The lowest BCUT2D eigenvalue weighted by Crippen LogP contribution is -2.57. The molecule has 1 aromatic carbocycles. The van der Waals surface area contributed by atoms with Gasteiger partial charge in [-0.1, -0.05) is 13.8 Å². The van der Waals surface area contributed by atoms with Crippen LogP contribution in [0.1, 0.15) is 49.9 Å². The molecule has 0 N–H and O–H groups in total. The van der Waals surface area contributed by atoms with E-state index < -0.39 is 5.82 Å². The van der Waals surface area contributed by atoms with Crippen LogP contribution in [0.25, 0.3) is 0 Å². The van der Waals surface area contributed by atoms with E-state index in [1.807, 2.05) is 4.90 Å². The number of likely N-dealkylation sites (tertiary alicyclic amines) is 1. The number of benzene rings is 1. The maximum atomic E-state index is 14.0. The number of piperidine rings is 1. The van der Waals surface area contributed by atoms with Crippen LogP contribution in [0, 0.1) is 11.7 Å². The van der Waals surface area contributed by atoms with E-state index in [2.05, 4.69) is 23.6 Å². The van der Waals surface area contributed by atoms with E-state index in [4.69, 9.17) is 9.47 Å². The predicted octanol–water partition coefficient (Wildman–Crippen LogP) is 3.26. The molecule has 6 nitrogen and oxygen atoms in total. The lowest BCUT2D eigenvalue weighted by atomic mass is 9.81. The van der Waals surface area contributed by atoms with Gasteiger partial charge in [-0.05, 0) is 49.8 Å². The van der Waals surface area contributed by atoms with Crippen molar-refractivity contribution in [2.45, 2.75) is 51.2 Å². The number of hydrogen-bond acceptors (Lipinski definition) is 5. The zero-order valence-corrected chi connectivity index (χ0v) is 19.8. The normalized spacial score (nSPS) is 24.8. The van der Waals surface area contributed by atoms with Crippen LogP contribution in [0.2, 0.25) is 0 Å². The van der Waals surface area contributed by atoms with E-state index in [0.717, 1.165) is 64.4 Å². The van der Waals surface area contributed by atoms with E-state index >= 15 is 0 Å². The van der Waals surface area contributed by atoms with Gasteiger partial charge in [0.15, 0.2) is 11.6 Å². The zero-order chi connectivity index (χ0) is 22.7. The highest BCUT2D eigenvalue weighted by Crippen LogP contribution is 2.37. The monoisotopic (exact) mass is 447 g/mol. The number of carbonyl (C=O) groups is 1. The molecule has 32 heavy (non-hydrogen) atoms. The van der Waals surface area contributed by atoms with Gasteiger partial charge in [-0.25, -0.2) is 4.39 Å². The Bertz CT molecular complexity index is 787. The molecule has 3 fully saturated rings. The summed E-state index contributed by atoms with van der Waals surface area (Å²) in [6.45, 7) is 12.5. The molecule has 7 heteroatoms. The van der Waals surface area contributed by atoms with Crippen molar-refractivity contribution in [2.75, 3.05) is 59.5 Å². The van der Waals surface area contributed by atoms with Crippen molar-refractivity contribution in [2.24, 2.45) is 5.92 Å². The Labute approximate surface area is 191 Å². The Hall–Kier alpha value is -1.70. The third kappa shape index (κ3) is 5.26. The van der Waals surface area contributed by atoms with Crippen LogP contribution < -0.4 is 4.74 Å². The first-order chi connectivity index (χ1) is 15.4. The summed E-state index contributed by atoms with van der Waals surface area (Å²) in [6.07, 6.45) is 3.85. The minimum absolute atomic E-state index is 0.116. The van der Waals surface area contributed by atoms with E-state index in [9.17, 15) is 9.18 Å². The predicted molar refractivity (Wildman–Crippen MR) is 123 cm³/mol. The van der Waals surface area contributed by atoms with Gasteiger partial charge in [0.25, 0.3) is 5.91 Å². The Morgan fingerprint density at radius 1 is 1.19 bits per heavy atom. The molecule has 4 rings (SSSR count). The van der Waals surface area contributed by atoms with Gasteiger partial charge in [-0.2, -0.15) is 0 Å². The number of amides is 1. The molecule has 0 saturated carbocycles. The minimum atomic E-state index is -0.501. The molecular formula is C25H38FN3O3. The standard InChI is InChI=1S/C25H38FN3O3/c1-19(2)18-27-11-13-28(14-12-27)21-6-15-32-25(17-21)7-9-29(10-8-25)24(30)20-4-5-23(31-3)22(26)16-20/h4-5,16,19,21H,6-15,17-18H2,1-3H3/t21-/m1/s1. The van der Waals surface area contributed by atoms with Gasteiger partial charge < -0.3 is 19.3 Å². The van der Waals surface area contributed by atoms with Gasteiger partial charge in [0.1, 0.15) is 0 Å². The molecule has 0 bridgehead atoms. The average molecular weight is 448 g/mol. The summed E-state index contributed by atoms with van der Waals surface area (Å²) in [4.78, 5) is 20.0. The Balaban J connectivity index is 1.31. The number of halogens is 1. The number of hydrogen-bond donors (Lipinski definition) is 0. The van der Waals surface area contributed by atoms with Crippen LogP contribution in [-0.4, -0.2) is 91.8 Å². The molecule has 1 atom stereocenters. The van der Waals surface area contributed by atoms with Crippen molar-refractivity contribution in [1.29, 1.82) is 0 Å². The quantitative estimate of drug-likeness (QED) is 0.693. The summed E-state index contributed by atoms with van der Waals surface area (Å²) >= 11 is 0. The second-order valence-electron chi connectivity index (χ2n) is 10.1. The molecule has 0 radical (unpaired) electrons. The highest BCUT2D eigenvalue weighted by atomic mass is 19.1. The van der Waals surface area contributed by atoms with Crippen LogP contribution in [0.5, 0.6) is 5.75 Å². The molecule has 0 unspecified atom stereocenters. The minimum Gasteiger partial charge on any atom is -0.494 e. The summed E-state index contributed by atoms with van der Waals surface area (Å²) in [5.74, 6) is 0.259. The maximum Gasteiger partial charge on any atom is 0.253 e. The van der Waals surface area contributed by atoms with E-state index in [1.165, 1.54) is 25.8 Å². The van der Waals surface area contributed by atoms with E-state index in [-0.39, 0.29) is 17.3 Å². The number of piperazine rings is 1. The topological polar surface area (TPSA) is 45.2 Å². The SMILES string of the molecule is COc1ccc(C(=O)N2CCC3(CC2)C[C@H](N2CCN(CC(C)C)CC2)CCO3)cc1F. The van der Waals surface area contributed by atoms with Gasteiger partial charge in [0, 0.05) is 64.0 Å². The fourth-order valence-corrected chi connectivity index (χ4v) is 5.59. The van der Waals surface area contributed by atoms with E-state index in [1.54, 1.807) is 6.07 Å². The fourth-order valence-electron chi connectivity index (χ4n) is 5.59. The highest BCUT2D eigenvalue weighted by Gasteiger charge is 2.43. The third-order valence-electron chi connectivity index (χ3n) is 7.37. The van der Waals surface area contributed by atoms with Gasteiger partial charge >= 0.3 is 0 Å². The molecule has 3 aliphatic rings. The molecule has 178 valence electrons. The van der Waals surface area contributed by atoms with Crippen LogP contribution in [-0.2, 0) is 4.74 Å². The summed E-state index contributed by atoms with van der Waals surface area (Å²) in [5, 5.41) is 0. The first kappa shape index (κ1) is 23.5. The molecule has 1 aromatic rings. The largest absolute Gasteiger partial charge is 0.494 e. The van der Waals surface area contributed by atoms with Crippen molar-refractivity contribution < 1.29 is 18.7 Å². The van der Waals surface area contributed by atoms with E-state index in [0.29, 0.717) is 24.7 Å². The second kappa shape index (κ2) is 10.1. The van der Waals surface area contributed by atoms with Gasteiger partial charge in [-0.3, -0.25) is 9.69 Å². The number of nitrogens with zero attached hydrogens (tertiary/aromatic N) is 3. The zero-order valence-electron chi connectivity index (χ0n) is 19.8. The lowest BCUT2D eigenvalue weighted by molar-refractivity contribution is -0.132. The van der Waals surface area contributed by atoms with Crippen molar-refractivity contribution in [3.63, 3.8) is 0 Å². The van der Waals surface area contributed by atoms with Crippen LogP contribution in [0.3, 0.4) is 0 Å². The smallest absolute Gasteiger partial charge is 0.253 e. The number of methoxy groups -OCH3 is 1. The average Bonchev–Trinajstić information content (AvgIpc) is 2.79. The molecule has 0 aromatic heterocycles. The first-order valence-corrected chi connectivity index (χ1v) is 12.1. The molecule has 3 heterocycles. The molecule has 3 aliphatic heterocycles. The highest BCUT2D eigenvalue weighted by molar-refractivity contribution is 5.94. The first-order valence-electron chi connectivity index (χ1n) is 12.1. The number of carbonyl (C=O) groups excluding carboxylic acids is 1. The number of rotatable bonds is 5. The third-order valence-corrected chi connectivity index (χ3v) is 7.37. The Morgan fingerprint density at radius 3 is 2.53 bits per heavy atom. The second-order valence-corrected chi connectivity index (χ2v) is 10.1. The van der Waals surface area contributed by atoms with Crippen LogP contribution in [0.4, 0.5) is 4.39 Å². The van der Waals surface area contributed by atoms with Crippen molar-refractivity contribution in [3.8, 4) is 5.75 Å². The summed E-state index contributed by atoms with van der Waals surface area (Å²) in [6, 6.07) is 5.00. The molecule has 3 saturated heterocycles. The molecule has 0 aliphatic carbocycles. The van der Waals surface area contributed by atoms with Crippen molar-refractivity contribution in [3.05, 3.63) is 29.6 Å². The van der Waals surface area contributed by atoms with Crippen LogP contribution >= 0.6 is 0 Å². The molecule has 1 amide bonds.